The van der Waals surface area contributed by atoms with Crippen LogP contribution in [0.4, 0.5) is 19.3 Å². The highest BCUT2D eigenvalue weighted by Gasteiger charge is 2.36. The van der Waals surface area contributed by atoms with E-state index in [0.717, 1.165) is 5.56 Å². The molecular weight excluding hydrogens is 438 g/mol. The van der Waals surface area contributed by atoms with Gasteiger partial charge in [0.2, 0.25) is 5.82 Å². The van der Waals surface area contributed by atoms with E-state index in [2.05, 4.69) is 15.5 Å². The summed E-state index contributed by atoms with van der Waals surface area (Å²) >= 11 is 0. The molecule has 1 unspecified atom stereocenters. The van der Waals surface area contributed by atoms with Gasteiger partial charge >= 0.3 is 6.03 Å². The average molecular weight is 458 g/mol. The number of benzene rings is 3. The van der Waals surface area contributed by atoms with Crippen LogP contribution in [0.25, 0.3) is 17.0 Å². The number of carbonyl (C=O) groups is 1. The monoisotopic (exact) mass is 458 g/mol. The van der Waals surface area contributed by atoms with Gasteiger partial charge in [-0.05, 0) is 55.3 Å². The fraction of sp³-hybridized carbons (Fsp3) is 0.115. The molecule has 0 aliphatic carbocycles. The lowest BCUT2D eigenvalue weighted by atomic mass is 9.94. The van der Waals surface area contributed by atoms with Crippen LogP contribution >= 0.6 is 0 Å². The second-order valence-corrected chi connectivity index (χ2v) is 7.99. The van der Waals surface area contributed by atoms with Gasteiger partial charge in [0.25, 0.3) is 5.89 Å². The number of amides is 2. The maximum absolute atomic E-state index is 13.9. The van der Waals surface area contributed by atoms with Crippen molar-refractivity contribution in [2.24, 2.45) is 0 Å². The summed E-state index contributed by atoms with van der Waals surface area (Å²) in [5.41, 5.74) is 3.42. The summed E-state index contributed by atoms with van der Waals surface area (Å²) in [7, 11) is 0. The summed E-state index contributed by atoms with van der Waals surface area (Å²) in [5, 5.41) is 7.07. The minimum Gasteiger partial charge on any atom is -0.334 e. The molecule has 170 valence electrons. The van der Waals surface area contributed by atoms with Crippen molar-refractivity contribution in [3.8, 4) is 11.4 Å². The van der Waals surface area contributed by atoms with Gasteiger partial charge in [0.1, 0.15) is 11.6 Å². The van der Waals surface area contributed by atoms with Gasteiger partial charge in [-0.25, -0.2) is 13.6 Å². The summed E-state index contributed by atoms with van der Waals surface area (Å²) in [5.74, 6) is -0.137. The van der Waals surface area contributed by atoms with Gasteiger partial charge in [-0.3, -0.25) is 4.90 Å². The van der Waals surface area contributed by atoms with E-state index in [4.69, 9.17) is 4.52 Å². The summed E-state index contributed by atoms with van der Waals surface area (Å²) in [4.78, 5) is 19.2. The maximum Gasteiger partial charge on any atom is 0.326 e. The third-order valence-electron chi connectivity index (χ3n) is 5.78. The molecule has 0 saturated heterocycles. The molecule has 1 N–H and O–H groups in total. The van der Waals surface area contributed by atoms with E-state index < -0.39 is 12.1 Å². The zero-order chi connectivity index (χ0) is 23.8. The van der Waals surface area contributed by atoms with Crippen molar-refractivity contribution in [2.45, 2.75) is 19.9 Å². The Bertz CT molecular complexity index is 1400. The van der Waals surface area contributed by atoms with Gasteiger partial charge in [0, 0.05) is 11.3 Å². The van der Waals surface area contributed by atoms with E-state index >= 15 is 0 Å². The van der Waals surface area contributed by atoms with Crippen molar-refractivity contribution < 1.29 is 18.1 Å². The van der Waals surface area contributed by atoms with E-state index in [1.54, 1.807) is 32.0 Å². The highest BCUT2D eigenvalue weighted by molar-refractivity contribution is 6.01. The molecule has 4 aromatic rings. The van der Waals surface area contributed by atoms with Crippen LogP contribution in [0.2, 0.25) is 0 Å². The lowest BCUT2D eigenvalue weighted by molar-refractivity contribution is 0.244. The Morgan fingerprint density at radius 2 is 1.71 bits per heavy atom. The van der Waals surface area contributed by atoms with Crippen molar-refractivity contribution in [1.82, 2.24) is 15.5 Å². The molecule has 8 heteroatoms. The molecule has 0 bridgehead atoms. The molecule has 0 spiro atoms. The molecule has 0 fully saturated rings. The first-order valence-electron chi connectivity index (χ1n) is 10.6. The number of allylic oxidation sites excluding steroid dienone is 1. The van der Waals surface area contributed by atoms with Crippen molar-refractivity contribution in [3.05, 3.63) is 107 Å². The van der Waals surface area contributed by atoms with Crippen LogP contribution in [0.15, 0.2) is 83.0 Å². The minimum atomic E-state index is -0.657. The molecule has 1 atom stereocenters. The molecule has 1 aliphatic rings. The van der Waals surface area contributed by atoms with Gasteiger partial charge in [0.05, 0.1) is 17.3 Å². The number of nitrogens with one attached hydrogen (secondary N) is 1. The Balaban J connectivity index is 1.66. The molecule has 2 amide bonds. The lowest BCUT2D eigenvalue weighted by Gasteiger charge is -2.35. The first-order chi connectivity index (χ1) is 16.4. The summed E-state index contributed by atoms with van der Waals surface area (Å²) in [6.07, 6.45) is 0. The number of anilines is 1. The molecule has 6 nitrogen and oxygen atoms in total. The number of carbonyl (C=O) groups excluding carboxylic acids is 1. The Morgan fingerprint density at radius 1 is 0.971 bits per heavy atom. The highest BCUT2D eigenvalue weighted by atomic mass is 19.1. The Kier molecular flexibility index (Phi) is 5.41. The van der Waals surface area contributed by atoms with Crippen LogP contribution in [-0.2, 0) is 0 Å². The quantitative estimate of drug-likeness (QED) is 0.406. The summed E-state index contributed by atoms with van der Waals surface area (Å²) < 4.78 is 33.1. The van der Waals surface area contributed by atoms with Crippen LogP contribution in [0.5, 0.6) is 0 Å². The van der Waals surface area contributed by atoms with E-state index in [1.807, 2.05) is 30.3 Å². The second kappa shape index (κ2) is 8.55. The number of nitrogens with zero attached hydrogens (tertiary/aromatic N) is 3. The van der Waals surface area contributed by atoms with Crippen LogP contribution < -0.4 is 10.2 Å². The molecule has 1 aliphatic heterocycles. The third-order valence-corrected chi connectivity index (χ3v) is 5.78. The minimum absolute atomic E-state index is 0.217. The average Bonchev–Trinajstić information content (AvgIpc) is 3.32. The van der Waals surface area contributed by atoms with E-state index in [1.165, 1.54) is 29.2 Å². The third kappa shape index (κ3) is 3.83. The highest BCUT2D eigenvalue weighted by Crippen LogP contribution is 2.39. The Morgan fingerprint density at radius 3 is 2.41 bits per heavy atom. The molecule has 34 heavy (non-hydrogen) atoms. The fourth-order valence-electron chi connectivity index (χ4n) is 4.04. The molecule has 0 radical (unpaired) electrons. The standard InChI is InChI=1S/C26H20F2N4O2/c1-15-14-20(12-13-21(15)28)32-16(2)22(23(29-26(32)33)17-8-10-19(27)11-9-17)25-30-24(31-34-25)18-6-4-3-5-7-18/h3-14,23H,1-2H3,(H,29,33). The van der Waals surface area contributed by atoms with Gasteiger partial charge in [-0.2, -0.15) is 4.98 Å². The van der Waals surface area contributed by atoms with Crippen LogP contribution in [0.3, 0.4) is 0 Å². The molecular formula is C26H20F2N4O2. The molecule has 3 aromatic carbocycles. The van der Waals surface area contributed by atoms with Crippen molar-refractivity contribution in [1.29, 1.82) is 0 Å². The van der Waals surface area contributed by atoms with E-state index in [0.29, 0.717) is 33.9 Å². The van der Waals surface area contributed by atoms with Gasteiger partial charge in [-0.1, -0.05) is 47.6 Å². The summed E-state index contributed by atoms with van der Waals surface area (Å²) in [6.45, 7) is 3.39. The van der Waals surface area contributed by atoms with Crippen LogP contribution in [-0.4, -0.2) is 16.2 Å². The zero-order valence-electron chi connectivity index (χ0n) is 18.4. The smallest absolute Gasteiger partial charge is 0.326 e. The lowest BCUT2D eigenvalue weighted by Crippen LogP contribution is -2.46. The SMILES string of the molecule is CC1=C(c2nc(-c3ccccc3)no2)C(c2ccc(F)cc2)NC(=O)N1c1ccc(F)c(C)c1. The number of urea groups is 1. The topological polar surface area (TPSA) is 71.3 Å². The Labute approximate surface area is 194 Å². The number of aryl methyl sites for hydroxylation is 1. The van der Waals surface area contributed by atoms with Gasteiger partial charge < -0.3 is 9.84 Å². The zero-order valence-corrected chi connectivity index (χ0v) is 18.4. The molecule has 1 aromatic heterocycles. The van der Waals surface area contributed by atoms with Crippen molar-refractivity contribution in [3.63, 3.8) is 0 Å². The first kappa shape index (κ1) is 21.5. The van der Waals surface area contributed by atoms with Crippen molar-refractivity contribution in [2.75, 3.05) is 4.90 Å². The van der Waals surface area contributed by atoms with Gasteiger partial charge in [-0.15, -0.1) is 0 Å². The molecule has 0 saturated carbocycles. The summed E-state index contributed by atoms with van der Waals surface area (Å²) in [6, 6.07) is 18.6. The fourth-order valence-corrected chi connectivity index (χ4v) is 4.04. The van der Waals surface area contributed by atoms with E-state index in [-0.39, 0.29) is 17.5 Å². The molecule has 5 rings (SSSR count). The Hall–Kier alpha value is -4.33. The normalized spacial score (nSPS) is 16.1. The number of halogens is 2. The number of rotatable bonds is 4. The number of hydrogen-bond donors (Lipinski definition) is 1. The van der Waals surface area contributed by atoms with Crippen LogP contribution in [0.1, 0.15) is 30.0 Å². The van der Waals surface area contributed by atoms with Gasteiger partial charge in [0.15, 0.2) is 0 Å². The first-order valence-corrected chi connectivity index (χ1v) is 10.6. The van der Waals surface area contributed by atoms with Crippen LogP contribution in [0, 0.1) is 18.6 Å². The number of hydrogen-bond acceptors (Lipinski definition) is 4. The van der Waals surface area contributed by atoms with Crippen molar-refractivity contribution >= 4 is 17.3 Å². The predicted octanol–water partition coefficient (Wildman–Crippen LogP) is 6.03. The number of aromatic nitrogens is 2. The molecule has 2 heterocycles. The largest absolute Gasteiger partial charge is 0.334 e. The van der Waals surface area contributed by atoms with E-state index in [9.17, 15) is 13.6 Å². The maximum atomic E-state index is 13.9. The predicted molar refractivity (Wildman–Crippen MR) is 124 cm³/mol. The second-order valence-electron chi connectivity index (χ2n) is 7.99.